The smallest absolute Gasteiger partial charge is 0.100 e. The van der Waals surface area contributed by atoms with Crippen LogP contribution in [0.1, 0.15) is 24.3 Å². The van der Waals surface area contributed by atoms with Crippen LogP contribution in [0.4, 0.5) is 0 Å². The zero-order valence-corrected chi connectivity index (χ0v) is 13.3. The maximum atomic E-state index is 8.88. The summed E-state index contributed by atoms with van der Waals surface area (Å²) in [6.45, 7) is 9.48. The fourth-order valence-corrected chi connectivity index (χ4v) is 3.83. The lowest BCUT2D eigenvalue weighted by Gasteiger charge is -2.44. The van der Waals surface area contributed by atoms with E-state index in [1.807, 2.05) is 11.4 Å². The van der Waals surface area contributed by atoms with Crippen molar-refractivity contribution in [3.05, 3.63) is 21.9 Å². The molecule has 20 heavy (non-hydrogen) atoms. The summed E-state index contributed by atoms with van der Waals surface area (Å²) in [7, 11) is 1.76. The average molecular weight is 293 g/mol. The highest BCUT2D eigenvalue weighted by Gasteiger charge is 2.29. The van der Waals surface area contributed by atoms with E-state index in [-0.39, 0.29) is 0 Å². The van der Waals surface area contributed by atoms with Crippen molar-refractivity contribution < 1.29 is 4.74 Å². The van der Waals surface area contributed by atoms with Crippen LogP contribution in [-0.4, -0.2) is 55.2 Å². The summed E-state index contributed by atoms with van der Waals surface area (Å²) >= 11 is 1.69. The van der Waals surface area contributed by atoms with Crippen molar-refractivity contribution in [2.75, 3.05) is 33.4 Å². The molecule has 0 saturated carbocycles. The zero-order valence-electron chi connectivity index (χ0n) is 12.5. The highest BCUT2D eigenvalue weighted by Crippen LogP contribution is 2.21. The van der Waals surface area contributed by atoms with Gasteiger partial charge in [0.15, 0.2) is 0 Å². The Bertz CT molecular complexity index is 456. The molecule has 110 valence electrons. The van der Waals surface area contributed by atoms with Gasteiger partial charge < -0.3 is 4.74 Å². The van der Waals surface area contributed by atoms with Crippen molar-refractivity contribution in [1.82, 2.24) is 9.80 Å². The Hall–Kier alpha value is -0.930. The lowest BCUT2D eigenvalue weighted by atomic mass is 10.1. The molecule has 1 aromatic rings. The Morgan fingerprint density at radius 2 is 2.10 bits per heavy atom. The minimum atomic E-state index is 0.546. The van der Waals surface area contributed by atoms with Crippen LogP contribution in [0.3, 0.4) is 0 Å². The van der Waals surface area contributed by atoms with E-state index in [0.717, 1.165) is 38.3 Å². The van der Waals surface area contributed by atoms with Gasteiger partial charge in [-0.3, -0.25) is 9.80 Å². The average Bonchev–Trinajstić information content (AvgIpc) is 2.85. The number of hydrogen-bond donors (Lipinski definition) is 0. The first-order valence-electron chi connectivity index (χ1n) is 7.08. The molecule has 0 bridgehead atoms. The quantitative estimate of drug-likeness (QED) is 0.834. The SMILES string of the molecule is COCCN1[C@@H](C)CN(Cc2cc(C#N)cs2)C[C@@H]1C. The van der Waals surface area contributed by atoms with E-state index in [9.17, 15) is 0 Å². The molecule has 2 heterocycles. The standard InChI is InChI=1S/C15H23N3OS/c1-12-8-17(9-13(2)18(12)4-5-19-3)10-15-6-14(7-16)11-20-15/h6,11-13H,4-5,8-10H2,1-3H3/t12-,13-/m0/s1. The van der Waals surface area contributed by atoms with Crippen molar-refractivity contribution in [3.8, 4) is 6.07 Å². The van der Waals surface area contributed by atoms with Crippen LogP contribution >= 0.6 is 11.3 Å². The van der Waals surface area contributed by atoms with E-state index in [4.69, 9.17) is 10.00 Å². The van der Waals surface area contributed by atoms with Crippen LogP contribution in [0, 0.1) is 11.3 Å². The van der Waals surface area contributed by atoms with Gasteiger partial charge in [-0.2, -0.15) is 5.26 Å². The minimum Gasteiger partial charge on any atom is -0.383 e. The molecule has 5 heteroatoms. The van der Waals surface area contributed by atoms with Gasteiger partial charge in [-0.05, 0) is 19.9 Å². The lowest BCUT2D eigenvalue weighted by molar-refractivity contribution is 0.0182. The van der Waals surface area contributed by atoms with Gasteiger partial charge >= 0.3 is 0 Å². The van der Waals surface area contributed by atoms with Crippen LogP contribution in [0.5, 0.6) is 0 Å². The highest BCUT2D eigenvalue weighted by molar-refractivity contribution is 7.10. The third-order valence-corrected chi connectivity index (χ3v) is 4.81. The number of nitriles is 1. The highest BCUT2D eigenvalue weighted by atomic mass is 32.1. The number of rotatable bonds is 5. The summed E-state index contributed by atoms with van der Waals surface area (Å²) in [6, 6.07) is 5.30. The van der Waals surface area contributed by atoms with Gasteiger partial charge in [0.25, 0.3) is 0 Å². The number of nitrogens with zero attached hydrogens (tertiary/aromatic N) is 3. The number of methoxy groups -OCH3 is 1. The molecule has 0 aliphatic carbocycles. The summed E-state index contributed by atoms with van der Waals surface area (Å²) < 4.78 is 5.19. The Morgan fingerprint density at radius 1 is 1.40 bits per heavy atom. The molecule has 0 unspecified atom stereocenters. The molecule has 2 atom stereocenters. The van der Waals surface area contributed by atoms with Crippen molar-refractivity contribution >= 4 is 11.3 Å². The van der Waals surface area contributed by atoms with Crippen LogP contribution in [-0.2, 0) is 11.3 Å². The van der Waals surface area contributed by atoms with Gasteiger partial charge in [0, 0.05) is 55.6 Å². The molecule has 2 rings (SSSR count). The van der Waals surface area contributed by atoms with Crippen molar-refractivity contribution in [2.45, 2.75) is 32.5 Å². The number of piperazine rings is 1. The normalized spacial score (nSPS) is 24.7. The number of ether oxygens (including phenoxy) is 1. The summed E-state index contributed by atoms with van der Waals surface area (Å²) in [4.78, 5) is 6.30. The predicted octanol–water partition coefficient (Wildman–Crippen LogP) is 2.16. The molecular formula is C15H23N3OS. The molecule has 0 radical (unpaired) electrons. The Morgan fingerprint density at radius 3 is 2.65 bits per heavy atom. The van der Waals surface area contributed by atoms with Crippen molar-refractivity contribution in [1.29, 1.82) is 5.26 Å². The monoisotopic (exact) mass is 293 g/mol. The Kier molecular flexibility index (Phi) is 5.55. The topological polar surface area (TPSA) is 39.5 Å². The van der Waals surface area contributed by atoms with E-state index in [2.05, 4.69) is 29.7 Å². The summed E-state index contributed by atoms with van der Waals surface area (Å²) in [5.41, 5.74) is 0.782. The van der Waals surface area contributed by atoms with Gasteiger partial charge in [-0.25, -0.2) is 0 Å². The van der Waals surface area contributed by atoms with Crippen LogP contribution < -0.4 is 0 Å². The fourth-order valence-electron chi connectivity index (χ4n) is 2.98. The van der Waals surface area contributed by atoms with Crippen molar-refractivity contribution in [3.63, 3.8) is 0 Å². The predicted molar refractivity (Wildman–Crippen MR) is 81.8 cm³/mol. The molecule has 1 saturated heterocycles. The van der Waals surface area contributed by atoms with Gasteiger partial charge in [0.1, 0.15) is 6.07 Å². The fraction of sp³-hybridized carbons (Fsp3) is 0.667. The van der Waals surface area contributed by atoms with Crippen molar-refractivity contribution in [2.24, 2.45) is 0 Å². The molecule has 4 nitrogen and oxygen atoms in total. The van der Waals surface area contributed by atoms with E-state index in [0.29, 0.717) is 12.1 Å². The van der Waals surface area contributed by atoms with Gasteiger partial charge in [-0.15, -0.1) is 11.3 Å². The second-order valence-corrected chi connectivity index (χ2v) is 6.53. The second kappa shape index (κ2) is 7.19. The van der Waals surface area contributed by atoms with E-state index >= 15 is 0 Å². The summed E-state index contributed by atoms with van der Waals surface area (Å²) in [5, 5.41) is 10.8. The number of hydrogen-bond acceptors (Lipinski definition) is 5. The van der Waals surface area contributed by atoms with E-state index in [1.165, 1.54) is 4.88 Å². The largest absolute Gasteiger partial charge is 0.383 e. The van der Waals surface area contributed by atoms with Gasteiger partial charge in [-0.1, -0.05) is 0 Å². The van der Waals surface area contributed by atoms with Crippen LogP contribution in [0.2, 0.25) is 0 Å². The molecule has 0 N–H and O–H groups in total. The summed E-state index contributed by atoms with van der Waals surface area (Å²) in [6.07, 6.45) is 0. The molecule has 1 fully saturated rings. The summed E-state index contributed by atoms with van der Waals surface area (Å²) in [5.74, 6) is 0. The van der Waals surface area contributed by atoms with Gasteiger partial charge in [0.05, 0.1) is 12.2 Å². The maximum absolute atomic E-state index is 8.88. The molecule has 0 amide bonds. The van der Waals surface area contributed by atoms with E-state index in [1.54, 1.807) is 18.4 Å². The van der Waals surface area contributed by atoms with Crippen LogP contribution in [0.15, 0.2) is 11.4 Å². The first-order valence-corrected chi connectivity index (χ1v) is 7.96. The number of thiophene rings is 1. The van der Waals surface area contributed by atoms with Crippen LogP contribution in [0.25, 0.3) is 0 Å². The Labute approximate surface area is 125 Å². The molecular weight excluding hydrogens is 270 g/mol. The maximum Gasteiger partial charge on any atom is 0.100 e. The lowest BCUT2D eigenvalue weighted by Crippen LogP contribution is -2.56. The first-order chi connectivity index (χ1) is 9.63. The third-order valence-electron chi connectivity index (χ3n) is 3.89. The van der Waals surface area contributed by atoms with Gasteiger partial charge in [0.2, 0.25) is 0 Å². The first kappa shape index (κ1) is 15.5. The second-order valence-electron chi connectivity index (χ2n) is 5.54. The molecule has 0 spiro atoms. The molecule has 1 aliphatic heterocycles. The minimum absolute atomic E-state index is 0.546. The van der Waals surface area contributed by atoms with E-state index < -0.39 is 0 Å². The molecule has 1 aliphatic rings. The molecule has 0 aromatic carbocycles. The zero-order chi connectivity index (χ0) is 14.5. The third kappa shape index (κ3) is 3.80. The Balaban J connectivity index is 1.91. The molecule has 1 aromatic heterocycles.